The van der Waals surface area contributed by atoms with Crippen LogP contribution in [-0.4, -0.2) is 51.1 Å². The van der Waals surface area contributed by atoms with Gasteiger partial charge in [-0.25, -0.2) is 9.37 Å². The van der Waals surface area contributed by atoms with E-state index in [2.05, 4.69) is 9.88 Å². The summed E-state index contributed by atoms with van der Waals surface area (Å²) >= 11 is 0. The number of nitrogens with zero attached hydrogens (tertiary/aromatic N) is 3. The molecule has 2 unspecified atom stereocenters. The summed E-state index contributed by atoms with van der Waals surface area (Å²) in [5.41, 5.74) is 0.0407. The third-order valence-electron chi connectivity index (χ3n) is 6.91. The lowest BCUT2D eigenvalue weighted by atomic mass is 9.99. The molecule has 5 rings (SSSR count). The number of carbonyl (C=O) groups is 1. The van der Waals surface area contributed by atoms with Gasteiger partial charge in [-0.1, -0.05) is 0 Å². The molecule has 34 heavy (non-hydrogen) atoms. The Labute approximate surface area is 194 Å². The van der Waals surface area contributed by atoms with Crippen molar-refractivity contribution in [3.8, 4) is 5.75 Å². The van der Waals surface area contributed by atoms with Crippen molar-refractivity contribution in [3.63, 3.8) is 0 Å². The molecule has 0 amide bonds. The van der Waals surface area contributed by atoms with Crippen LogP contribution in [0.5, 0.6) is 5.75 Å². The average Bonchev–Trinajstić information content (AvgIpc) is 3.28. The molecule has 2 aliphatic heterocycles. The number of benzene rings is 1. The first kappa shape index (κ1) is 22.8. The summed E-state index contributed by atoms with van der Waals surface area (Å²) in [7, 11) is 0. The molecule has 2 atom stereocenters. The summed E-state index contributed by atoms with van der Waals surface area (Å²) in [4.78, 5) is 18.6. The van der Waals surface area contributed by atoms with Crippen LogP contribution in [0.2, 0.25) is 0 Å². The van der Waals surface area contributed by atoms with Crippen LogP contribution in [0.3, 0.4) is 0 Å². The van der Waals surface area contributed by atoms with E-state index < -0.39 is 12.0 Å². The monoisotopic (exact) mass is 475 g/mol. The van der Waals surface area contributed by atoms with Crippen LogP contribution in [0.25, 0.3) is 11.0 Å². The first-order chi connectivity index (χ1) is 16.3. The molecule has 180 valence electrons. The van der Waals surface area contributed by atoms with Crippen LogP contribution >= 0.6 is 0 Å². The van der Waals surface area contributed by atoms with Crippen molar-refractivity contribution in [1.82, 2.24) is 14.5 Å². The van der Waals surface area contributed by atoms with Crippen LogP contribution in [0, 0.1) is 5.82 Å². The molecule has 0 aliphatic carbocycles. The van der Waals surface area contributed by atoms with Gasteiger partial charge in [-0.15, -0.1) is 0 Å². The third kappa shape index (κ3) is 4.53. The van der Waals surface area contributed by atoms with Gasteiger partial charge in [-0.3, -0.25) is 9.69 Å². The number of pyridine rings is 1. The van der Waals surface area contributed by atoms with Gasteiger partial charge in [0.2, 0.25) is 0 Å². The van der Waals surface area contributed by atoms with Gasteiger partial charge in [0, 0.05) is 43.0 Å². The fourth-order valence-corrected chi connectivity index (χ4v) is 5.44. The quantitative estimate of drug-likeness (QED) is 0.340. The highest BCUT2D eigenvalue weighted by molar-refractivity contribution is 6.10. The van der Waals surface area contributed by atoms with Crippen LogP contribution < -0.4 is 4.74 Å². The van der Waals surface area contributed by atoms with Crippen LogP contribution in [-0.2, 0) is 6.54 Å². The van der Waals surface area contributed by atoms with E-state index in [0.717, 1.165) is 38.6 Å². The first-order valence-electron chi connectivity index (χ1n) is 11.5. The van der Waals surface area contributed by atoms with E-state index >= 15 is 0 Å². The van der Waals surface area contributed by atoms with Gasteiger partial charge in [0.15, 0.2) is 0 Å². The highest BCUT2D eigenvalue weighted by Gasteiger charge is 2.42. The normalized spacial score (nSPS) is 22.9. The molecular weight excluding hydrogens is 450 g/mol. The maximum Gasteiger partial charge on any atom is 0.454 e. The molecule has 2 saturated heterocycles. The number of halogens is 4. The molecule has 4 heterocycles. The van der Waals surface area contributed by atoms with E-state index in [1.807, 2.05) is 0 Å². The lowest BCUT2D eigenvalue weighted by Gasteiger charge is -2.39. The number of rotatable bonds is 7. The number of hydrogen-bond acceptors (Lipinski definition) is 4. The molecule has 2 aromatic heterocycles. The van der Waals surface area contributed by atoms with Gasteiger partial charge in [0.05, 0.1) is 5.56 Å². The lowest BCUT2D eigenvalue weighted by molar-refractivity contribution is -0.0884. The Kier molecular flexibility index (Phi) is 6.06. The maximum absolute atomic E-state index is 13.1. The van der Waals surface area contributed by atoms with Gasteiger partial charge < -0.3 is 9.30 Å². The molecule has 0 saturated carbocycles. The number of Topliss-reactive ketones (excluding diaryl/α,β-unsaturated/α-hetero) is 1. The van der Waals surface area contributed by atoms with Gasteiger partial charge in [-0.2, -0.15) is 13.2 Å². The van der Waals surface area contributed by atoms with Crippen molar-refractivity contribution in [2.24, 2.45) is 0 Å². The second-order valence-electron chi connectivity index (χ2n) is 9.08. The largest absolute Gasteiger partial charge is 0.490 e. The number of fused-ring (bicyclic) bond motifs is 3. The number of piperidine rings is 1. The molecule has 2 bridgehead atoms. The summed E-state index contributed by atoms with van der Waals surface area (Å²) in [6.07, 6.45) is 2.67. The standard InChI is InChI=1S/C25H25F4N3O2/c26-16-4-8-19(9-5-16)34-20-13-17-6-7-18(14-20)32(17)12-2-11-31-15-22(23(33)25(27,28)29)21-3-1-10-30-24(21)31/h1,3-5,8-10,15,17-18,20H,2,6-7,11-14H2. The molecule has 0 N–H and O–H groups in total. The van der Waals surface area contributed by atoms with Gasteiger partial charge in [0.25, 0.3) is 5.78 Å². The Morgan fingerprint density at radius 1 is 1.06 bits per heavy atom. The fraction of sp³-hybridized carbons (Fsp3) is 0.440. The maximum atomic E-state index is 13.1. The van der Waals surface area contributed by atoms with Gasteiger partial charge in [0.1, 0.15) is 23.3 Å². The van der Waals surface area contributed by atoms with Gasteiger partial charge in [-0.05, 0) is 68.5 Å². The highest BCUT2D eigenvalue weighted by atomic mass is 19.4. The summed E-state index contributed by atoms with van der Waals surface area (Å²) < 4.78 is 60.0. The predicted molar refractivity (Wildman–Crippen MR) is 118 cm³/mol. The SMILES string of the molecule is O=C(c1cn(CCCN2C3CCC2CC(Oc2ccc(F)cc2)C3)c2ncccc12)C(F)(F)F. The molecule has 0 radical (unpaired) electrons. The molecule has 3 aromatic rings. The van der Waals surface area contributed by atoms with E-state index in [0.29, 0.717) is 30.0 Å². The van der Waals surface area contributed by atoms with Crippen molar-refractivity contribution in [3.05, 3.63) is 60.2 Å². The zero-order valence-corrected chi connectivity index (χ0v) is 18.5. The van der Waals surface area contributed by atoms with Crippen molar-refractivity contribution in [2.45, 2.75) is 63.0 Å². The number of aromatic nitrogens is 2. The summed E-state index contributed by atoms with van der Waals surface area (Å²) in [5, 5.41) is 0.226. The zero-order chi connectivity index (χ0) is 23.9. The number of aryl methyl sites for hydroxylation is 1. The van der Waals surface area contributed by atoms with E-state index in [-0.39, 0.29) is 22.9 Å². The number of alkyl halides is 3. The van der Waals surface area contributed by atoms with E-state index in [9.17, 15) is 22.4 Å². The Morgan fingerprint density at radius 2 is 1.76 bits per heavy atom. The highest BCUT2D eigenvalue weighted by Crippen LogP contribution is 2.37. The minimum absolute atomic E-state index is 0.0905. The van der Waals surface area contributed by atoms with E-state index in [4.69, 9.17) is 4.74 Å². The summed E-state index contributed by atoms with van der Waals surface area (Å²) in [5.74, 6) is -1.45. The molecule has 1 aromatic carbocycles. The Hall–Kier alpha value is -2.94. The summed E-state index contributed by atoms with van der Waals surface area (Å²) in [6.45, 7) is 1.29. The fourth-order valence-electron chi connectivity index (χ4n) is 5.44. The van der Waals surface area contributed by atoms with Crippen LogP contribution in [0.15, 0.2) is 48.8 Å². The van der Waals surface area contributed by atoms with Crippen molar-refractivity contribution in [2.75, 3.05) is 6.54 Å². The van der Waals surface area contributed by atoms with Gasteiger partial charge >= 0.3 is 6.18 Å². The topological polar surface area (TPSA) is 47.4 Å². The molecular formula is C25H25F4N3O2. The first-order valence-corrected chi connectivity index (χ1v) is 11.5. The molecule has 2 aliphatic rings. The van der Waals surface area contributed by atoms with E-state index in [1.165, 1.54) is 36.7 Å². The predicted octanol–water partition coefficient (Wildman–Crippen LogP) is 5.38. The van der Waals surface area contributed by atoms with Crippen LogP contribution in [0.1, 0.15) is 42.5 Å². The molecule has 5 nitrogen and oxygen atoms in total. The average molecular weight is 475 g/mol. The Balaban J connectivity index is 1.21. The van der Waals surface area contributed by atoms with Crippen molar-refractivity contribution < 1.29 is 27.1 Å². The number of carbonyl (C=O) groups excluding carboxylic acids is 1. The van der Waals surface area contributed by atoms with E-state index in [1.54, 1.807) is 16.7 Å². The van der Waals surface area contributed by atoms with Crippen molar-refractivity contribution in [1.29, 1.82) is 0 Å². The minimum atomic E-state index is -4.92. The zero-order valence-electron chi connectivity index (χ0n) is 18.5. The third-order valence-corrected chi connectivity index (χ3v) is 6.91. The molecule has 9 heteroatoms. The number of ketones is 1. The summed E-state index contributed by atoms with van der Waals surface area (Å²) in [6, 6.07) is 9.92. The second kappa shape index (κ2) is 9.02. The molecule has 2 fully saturated rings. The van der Waals surface area contributed by atoms with Crippen LogP contribution in [0.4, 0.5) is 17.6 Å². The second-order valence-corrected chi connectivity index (χ2v) is 9.08. The number of ether oxygens (including phenoxy) is 1. The molecule has 0 spiro atoms. The van der Waals surface area contributed by atoms with Crippen molar-refractivity contribution >= 4 is 16.8 Å². The smallest absolute Gasteiger partial charge is 0.454 e. The Bertz CT molecular complexity index is 1160. The number of hydrogen-bond donors (Lipinski definition) is 0. The lowest BCUT2D eigenvalue weighted by Crippen LogP contribution is -2.46. The Morgan fingerprint density at radius 3 is 2.44 bits per heavy atom. The minimum Gasteiger partial charge on any atom is -0.490 e.